The summed E-state index contributed by atoms with van der Waals surface area (Å²) in [5.41, 5.74) is 7.48. The Morgan fingerprint density at radius 3 is 1.87 bits per heavy atom. The summed E-state index contributed by atoms with van der Waals surface area (Å²) in [7, 11) is 0. The van der Waals surface area contributed by atoms with Crippen LogP contribution in [0.15, 0.2) is 72.7 Å². The average Bonchev–Trinajstić information content (AvgIpc) is 3.27. The van der Waals surface area contributed by atoms with Crippen molar-refractivity contribution in [1.82, 2.24) is 0 Å². The van der Waals surface area contributed by atoms with Gasteiger partial charge in [-0.15, -0.1) is 11.3 Å². The molecule has 0 amide bonds. The Hall–Kier alpha value is -2.90. The zero-order chi connectivity index (χ0) is 31.1. The van der Waals surface area contributed by atoms with Crippen LogP contribution in [0.1, 0.15) is 90.1 Å². The van der Waals surface area contributed by atoms with Crippen LogP contribution in [0, 0.1) is 6.92 Å². The van der Waals surface area contributed by atoms with Crippen molar-refractivity contribution in [3.05, 3.63) is 95.0 Å². The van der Waals surface area contributed by atoms with Gasteiger partial charge in [0, 0.05) is 20.2 Å². The van der Waals surface area contributed by atoms with Crippen LogP contribution in [0.4, 0.5) is 0 Å². The van der Waals surface area contributed by atoms with E-state index >= 15 is 0 Å². The van der Waals surface area contributed by atoms with Gasteiger partial charge in [-0.3, -0.25) is 0 Å². The van der Waals surface area contributed by atoms with Gasteiger partial charge in [0.05, 0.1) is 5.48 Å². The summed E-state index contributed by atoms with van der Waals surface area (Å²) in [6, 6.07) is 17.7. The second-order valence-corrected chi connectivity index (χ2v) is 14.8. The number of hydrogen-bond donors (Lipinski definition) is 0. The standard InChI is InChI=1S/C37H42S/c1-23-13-11-14-24(19-23)29-17-18-31-33(34(29)37(8,9)10)32-28(15-12-16-30(32)38-31)25-20-26(35(2,3)4)22-27(21-25)36(5,6)7/h11-22H,1-10H3/i11D,13D,14D,19D. The molecule has 0 N–H and O–H groups in total. The van der Waals surface area contributed by atoms with E-state index in [9.17, 15) is 0 Å². The third kappa shape index (κ3) is 4.82. The Labute approximate surface area is 239 Å². The summed E-state index contributed by atoms with van der Waals surface area (Å²) in [5.74, 6) is 0. The minimum atomic E-state index is -0.311. The number of thiophene rings is 1. The maximum Gasteiger partial charge on any atom is 0.0632 e. The van der Waals surface area contributed by atoms with Gasteiger partial charge in [-0.2, -0.15) is 0 Å². The molecule has 0 fully saturated rings. The van der Waals surface area contributed by atoms with Crippen LogP contribution in [0.5, 0.6) is 0 Å². The summed E-state index contributed by atoms with van der Waals surface area (Å²) >= 11 is 1.78. The summed E-state index contributed by atoms with van der Waals surface area (Å²) < 4.78 is 37.0. The molecule has 196 valence electrons. The van der Waals surface area contributed by atoms with Gasteiger partial charge in [0.15, 0.2) is 0 Å². The predicted octanol–water partition coefficient (Wildman–Crippen LogP) is 11.6. The third-order valence-corrected chi connectivity index (χ3v) is 8.53. The van der Waals surface area contributed by atoms with Crippen molar-refractivity contribution < 1.29 is 5.48 Å². The Bertz CT molecular complexity index is 1810. The fourth-order valence-corrected chi connectivity index (χ4v) is 6.50. The molecular formula is C37H42S. The fourth-order valence-electron chi connectivity index (χ4n) is 5.36. The lowest BCUT2D eigenvalue weighted by Crippen LogP contribution is -2.16. The van der Waals surface area contributed by atoms with Gasteiger partial charge < -0.3 is 0 Å². The SMILES string of the molecule is [2H]c1c([2H])c(C)c([2H])c(-c2ccc3sc4cccc(-c5cc(C(C)(C)C)cc(C(C)(C)C)c5)c4c3c2C(C)(C)C)c1[2H]. The third-order valence-electron chi connectivity index (χ3n) is 7.41. The number of fused-ring (bicyclic) bond motifs is 3. The first-order valence-corrected chi connectivity index (χ1v) is 14.4. The molecule has 0 aliphatic carbocycles. The molecule has 0 radical (unpaired) electrons. The smallest absolute Gasteiger partial charge is 0.0632 e. The molecule has 0 bridgehead atoms. The minimum Gasteiger partial charge on any atom is -0.135 e. The van der Waals surface area contributed by atoms with Crippen LogP contribution < -0.4 is 0 Å². The maximum absolute atomic E-state index is 8.97. The highest BCUT2D eigenvalue weighted by Crippen LogP contribution is 2.48. The normalized spacial score (nSPS) is 14.5. The van der Waals surface area contributed by atoms with Gasteiger partial charge in [0.25, 0.3) is 0 Å². The summed E-state index contributed by atoms with van der Waals surface area (Å²) in [5, 5.41) is 2.36. The zero-order valence-electron chi connectivity index (χ0n) is 28.5. The van der Waals surface area contributed by atoms with E-state index in [0.29, 0.717) is 11.1 Å². The quantitative estimate of drug-likeness (QED) is 0.216. The van der Waals surface area contributed by atoms with E-state index < -0.39 is 0 Å². The van der Waals surface area contributed by atoms with E-state index in [4.69, 9.17) is 5.48 Å². The lowest BCUT2D eigenvalue weighted by atomic mass is 9.77. The van der Waals surface area contributed by atoms with Crippen LogP contribution in [0.2, 0.25) is 0 Å². The molecule has 4 aromatic carbocycles. The van der Waals surface area contributed by atoms with Crippen LogP contribution in [0.25, 0.3) is 42.4 Å². The molecule has 0 unspecified atom stereocenters. The van der Waals surface area contributed by atoms with Crippen molar-refractivity contribution in [3.63, 3.8) is 0 Å². The summed E-state index contributed by atoms with van der Waals surface area (Å²) in [4.78, 5) is 0. The second-order valence-electron chi connectivity index (χ2n) is 13.7. The summed E-state index contributed by atoms with van der Waals surface area (Å²) in [6.07, 6.45) is 0. The molecule has 0 aliphatic rings. The molecule has 5 rings (SSSR count). The first-order valence-electron chi connectivity index (χ1n) is 15.5. The van der Waals surface area contributed by atoms with Gasteiger partial charge >= 0.3 is 0 Å². The molecule has 1 heteroatoms. The molecular weight excluding hydrogens is 476 g/mol. The van der Waals surface area contributed by atoms with E-state index in [1.54, 1.807) is 18.3 Å². The number of hydrogen-bond acceptors (Lipinski definition) is 1. The van der Waals surface area contributed by atoms with E-state index in [1.807, 2.05) is 6.07 Å². The molecule has 1 heterocycles. The first-order chi connectivity index (χ1) is 19.3. The molecule has 5 aromatic rings. The largest absolute Gasteiger partial charge is 0.135 e. The van der Waals surface area contributed by atoms with E-state index in [0.717, 1.165) is 16.5 Å². The molecule has 38 heavy (non-hydrogen) atoms. The predicted molar refractivity (Wildman–Crippen MR) is 171 cm³/mol. The lowest BCUT2D eigenvalue weighted by molar-refractivity contribution is 0.569. The van der Waals surface area contributed by atoms with Crippen molar-refractivity contribution in [3.8, 4) is 22.3 Å². The second kappa shape index (κ2) is 9.09. The molecule has 0 aliphatic heterocycles. The van der Waals surface area contributed by atoms with Gasteiger partial charge in [-0.05, 0) is 74.2 Å². The Morgan fingerprint density at radius 2 is 1.26 bits per heavy atom. The van der Waals surface area contributed by atoms with Crippen molar-refractivity contribution in [2.24, 2.45) is 0 Å². The Balaban J connectivity index is 1.97. The molecule has 0 saturated carbocycles. The van der Waals surface area contributed by atoms with Crippen LogP contribution in [-0.4, -0.2) is 0 Å². The topological polar surface area (TPSA) is 0 Å². The Morgan fingerprint density at radius 1 is 0.632 bits per heavy atom. The molecule has 0 spiro atoms. The molecule has 0 nitrogen and oxygen atoms in total. The fraction of sp³-hybridized carbons (Fsp3) is 0.351. The highest BCUT2D eigenvalue weighted by molar-refractivity contribution is 7.26. The van der Waals surface area contributed by atoms with Crippen LogP contribution >= 0.6 is 11.3 Å². The van der Waals surface area contributed by atoms with Gasteiger partial charge in [-0.25, -0.2) is 0 Å². The van der Waals surface area contributed by atoms with Gasteiger partial charge in [-0.1, -0.05) is 128 Å². The molecule has 0 saturated heterocycles. The highest BCUT2D eigenvalue weighted by Gasteiger charge is 2.27. The van der Waals surface area contributed by atoms with E-state index in [-0.39, 0.29) is 40.4 Å². The van der Waals surface area contributed by atoms with Crippen LogP contribution in [0.3, 0.4) is 0 Å². The van der Waals surface area contributed by atoms with Crippen molar-refractivity contribution in [1.29, 1.82) is 0 Å². The number of rotatable bonds is 2. The lowest BCUT2D eigenvalue weighted by Gasteiger charge is -2.27. The van der Waals surface area contributed by atoms with Crippen molar-refractivity contribution in [2.75, 3.05) is 0 Å². The maximum atomic E-state index is 8.97. The van der Waals surface area contributed by atoms with Gasteiger partial charge in [0.2, 0.25) is 0 Å². The van der Waals surface area contributed by atoms with Gasteiger partial charge in [0.1, 0.15) is 0 Å². The molecule has 1 aromatic heterocycles. The summed E-state index contributed by atoms with van der Waals surface area (Å²) in [6.45, 7) is 21.9. The number of benzene rings is 4. The minimum absolute atomic E-state index is 0.00471. The van der Waals surface area contributed by atoms with Crippen molar-refractivity contribution >= 4 is 31.5 Å². The Kier molecular flexibility index (Phi) is 5.26. The van der Waals surface area contributed by atoms with E-state index in [1.165, 1.54) is 37.0 Å². The van der Waals surface area contributed by atoms with Crippen LogP contribution in [-0.2, 0) is 16.2 Å². The van der Waals surface area contributed by atoms with Crippen molar-refractivity contribution in [2.45, 2.75) is 85.5 Å². The average molecular weight is 523 g/mol. The zero-order valence-corrected chi connectivity index (χ0v) is 25.3. The van der Waals surface area contributed by atoms with E-state index in [2.05, 4.69) is 105 Å². The monoisotopic (exact) mass is 522 g/mol. The highest BCUT2D eigenvalue weighted by atomic mass is 32.1. The molecule has 0 atom stereocenters. The first kappa shape index (κ1) is 22.0.